The van der Waals surface area contributed by atoms with Crippen LogP contribution in [0.15, 0.2) is 18.2 Å². The summed E-state index contributed by atoms with van der Waals surface area (Å²) < 4.78 is 0. The van der Waals surface area contributed by atoms with Gasteiger partial charge in [0, 0.05) is 30.2 Å². The minimum atomic E-state index is -0.153. The lowest BCUT2D eigenvalue weighted by Gasteiger charge is -2.26. The van der Waals surface area contributed by atoms with Crippen LogP contribution in [0.25, 0.3) is 0 Å². The van der Waals surface area contributed by atoms with Crippen molar-refractivity contribution in [2.24, 2.45) is 0 Å². The average molecular weight is 315 g/mol. The third-order valence-electron chi connectivity index (χ3n) is 3.88. The highest BCUT2D eigenvalue weighted by atomic mass is 35.5. The molecule has 0 N–H and O–H groups in total. The Morgan fingerprint density at radius 3 is 2.65 bits per heavy atom. The van der Waals surface area contributed by atoms with Gasteiger partial charge in [0.05, 0.1) is 11.1 Å². The van der Waals surface area contributed by atoms with Gasteiger partial charge < -0.3 is 4.90 Å². The van der Waals surface area contributed by atoms with E-state index in [0.717, 1.165) is 32.6 Å². The molecule has 1 fully saturated rings. The molecule has 0 aliphatic carbocycles. The predicted molar refractivity (Wildman–Crippen MR) is 83.9 cm³/mol. The Hall–Kier alpha value is -0.610. The molecule has 20 heavy (non-hydrogen) atoms. The van der Waals surface area contributed by atoms with E-state index in [2.05, 4.69) is 16.8 Å². The Labute approximate surface area is 130 Å². The van der Waals surface area contributed by atoms with Gasteiger partial charge in [-0.15, -0.1) is 0 Å². The van der Waals surface area contributed by atoms with E-state index in [9.17, 15) is 4.79 Å². The number of benzene rings is 1. The Morgan fingerprint density at radius 2 is 1.95 bits per heavy atom. The number of hydrogen-bond acceptors (Lipinski definition) is 3. The number of ketones is 1. The SMILES string of the molecule is CC(C(=O)c1ccc(Cl)cc1Cl)N1CCCN(C)CC1. The van der Waals surface area contributed by atoms with E-state index in [4.69, 9.17) is 23.2 Å². The van der Waals surface area contributed by atoms with Crippen molar-refractivity contribution in [2.75, 3.05) is 33.2 Å². The monoisotopic (exact) mass is 314 g/mol. The van der Waals surface area contributed by atoms with Crippen molar-refractivity contribution in [2.45, 2.75) is 19.4 Å². The molecule has 1 aromatic rings. The van der Waals surface area contributed by atoms with Crippen molar-refractivity contribution in [1.82, 2.24) is 9.80 Å². The van der Waals surface area contributed by atoms with Crippen LogP contribution in [0, 0.1) is 0 Å². The van der Waals surface area contributed by atoms with E-state index >= 15 is 0 Å². The van der Waals surface area contributed by atoms with E-state index in [-0.39, 0.29) is 11.8 Å². The third-order valence-corrected chi connectivity index (χ3v) is 4.43. The van der Waals surface area contributed by atoms with Gasteiger partial charge in [0.15, 0.2) is 5.78 Å². The number of hydrogen-bond donors (Lipinski definition) is 0. The van der Waals surface area contributed by atoms with Crippen LogP contribution in [0.3, 0.4) is 0 Å². The number of Topliss-reactive ketones (excluding diaryl/α,β-unsaturated/α-hetero) is 1. The fourth-order valence-electron chi connectivity index (χ4n) is 2.53. The first-order chi connectivity index (χ1) is 9.49. The second-order valence-electron chi connectivity index (χ2n) is 5.36. The van der Waals surface area contributed by atoms with Gasteiger partial charge in [-0.2, -0.15) is 0 Å². The largest absolute Gasteiger partial charge is 0.305 e. The molecule has 0 saturated carbocycles. The first-order valence-corrected chi connectivity index (χ1v) is 7.66. The summed E-state index contributed by atoms with van der Waals surface area (Å²) in [5, 5.41) is 0.983. The predicted octanol–water partition coefficient (Wildman–Crippen LogP) is 3.20. The second-order valence-corrected chi connectivity index (χ2v) is 6.20. The van der Waals surface area contributed by atoms with Crippen molar-refractivity contribution in [3.8, 4) is 0 Å². The fourth-order valence-corrected chi connectivity index (χ4v) is 3.04. The van der Waals surface area contributed by atoms with Gasteiger partial charge in [0.2, 0.25) is 0 Å². The van der Waals surface area contributed by atoms with E-state index in [1.165, 1.54) is 0 Å². The fraction of sp³-hybridized carbons (Fsp3) is 0.533. The van der Waals surface area contributed by atoms with Crippen molar-refractivity contribution < 1.29 is 4.79 Å². The van der Waals surface area contributed by atoms with Crippen LogP contribution in [-0.4, -0.2) is 54.9 Å². The van der Waals surface area contributed by atoms with Crippen LogP contribution in [0.4, 0.5) is 0 Å². The lowest BCUT2D eigenvalue weighted by Crippen LogP contribution is -2.41. The van der Waals surface area contributed by atoms with Gasteiger partial charge in [-0.3, -0.25) is 9.69 Å². The first-order valence-electron chi connectivity index (χ1n) is 6.91. The molecule has 1 unspecified atom stereocenters. The van der Waals surface area contributed by atoms with Crippen molar-refractivity contribution >= 4 is 29.0 Å². The number of likely N-dealkylation sites (N-methyl/N-ethyl adjacent to an activating group) is 1. The van der Waals surface area contributed by atoms with Crippen LogP contribution >= 0.6 is 23.2 Å². The minimum absolute atomic E-state index is 0.0659. The summed E-state index contributed by atoms with van der Waals surface area (Å²) in [6, 6.07) is 4.90. The smallest absolute Gasteiger partial charge is 0.181 e. The van der Waals surface area contributed by atoms with Crippen LogP contribution in [0.1, 0.15) is 23.7 Å². The van der Waals surface area contributed by atoms with Gasteiger partial charge >= 0.3 is 0 Å². The molecule has 0 spiro atoms. The minimum Gasteiger partial charge on any atom is -0.305 e. The Bertz CT molecular complexity index is 493. The number of carbonyl (C=O) groups is 1. The maximum Gasteiger partial charge on any atom is 0.181 e. The molecule has 0 aromatic heterocycles. The number of rotatable bonds is 3. The summed E-state index contributed by atoms with van der Waals surface area (Å²) >= 11 is 12.0. The van der Waals surface area contributed by atoms with E-state index in [1.807, 2.05) is 6.92 Å². The molecular formula is C15H20Cl2N2O. The number of halogens is 2. The maximum atomic E-state index is 12.6. The van der Waals surface area contributed by atoms with Crippen LogP contribution in [-0.2, 0) is 0 Å². The highest BCUT2D eigenvalue weighted by Gasteiger charge is 2.25. The van der Waals surface area contributed by atoms with Crippen LogP contribution in [0.2, 0.25) is 10.0 Å². The zero-order valence-corrected chi connectivity index (χ0v) is 13.4. The van der Waals surface area contributed by atoms with Crippen LogP contribution < -0.4 is 0 Å². The van der Waals surface area contributed by atoms with Crippen molar-refractivity contribution in [1.29, 1.82) is 0 Å². The quantitative estimate of drug-likeness (QED) is 0.800. The summed E-state index contributed by atoms with van der Waals surface area (Å²) in [5.41, 5.74) is 0.557. The summed E-state index contributed by atoms with van der Waals surface area (Å²) in [4.78, 5) is 17.1. The molecule has 1 aliphatic heterocycles. The first kappa shape index (κ1) is 15.8. The summed E-state index contributed by atoms with van der Waals surface area (Å²) in [6.45, 7) is 5.89. The maximum absolute atomic E-state index is 12.6. The molecule has 3 nitrogen and oxygen atoms in total. The van der Waals surface area contributed by atoms with Crippen LogP contribution in [0.5, 0.6) is 0 Å². The second kappa shape index (κ2) is 6.90. The molecule has 1 atom stereocenters. The molecule has 110 valence electrons. The lowest BCUT2D eigenvalue weighted by molar-refractivity contribution is 0.0844. The van der Waals surface area contributed by atoms with Gasteiger partial charge in [-0.25, -0.2) is 0 Å². The zero-order valence-electron chi connectivity index (χ0n) is 11.9. The Balaban J connectivity index is 2.11. The van der Waals surface area contributed by atoms with Gasteiger partial charge in [0.25, 0.3) is 0 Å². The molecule has 1 aromatic carbocycles. The molecule has 1 aliphatic rings. The summed E-state index contributed by atoms with van der Waals surface area (Å²) in [5.74, 6) is 0.0659. The molecular weight excluding hydrogens is 295 g/mol. The lowest BCUT2D eigenvalue weighted by atomic mass is 10.0. The van der Waals surface area contributed by atoms with Gasteiger partial charge in [-0.1, -0.05) is 23.2 Å². The Kier molecular flexibility index (Phi) is 5.44. The number of carbonyl (C=O) groups excluding carboxylic acids is 1. The van der Waals surface area contributed by atoms with E-state index in [0.29, 0.717) is 15.6 Å². The zero-order chi connectivity index (χ0) is 14.7. The van der Waals surface area contributed by atoms with E-state index in [1.54, 1.807) is 18.2 Å². The highest BCUT2D eigenvalue weighted by Crippen LogP contribution is 2.23. The molecule has 5 heteroatoms. The van der Waals surface area contributed by atoms with E-state index < -0.39 is 0 Å². The normalized spacial score (nSPS) is 19.6. The highest BCUT2D eigenvalue weighted by molar-refractivity contribution is 6.37. The molecule has 0 amide bonds. The molecule has 1 heterocycles. The number of nitrogens with zero attached hydrogens (tertiary/aromatic N) is 2. The topological polar surface area (TPSA) is 23.6 Å². The van der Waals surface area contributed by atoms with Gasteiger partial charge in [0.1, 0.15) is 0 Å². The van der Waals surface area contributed by atoms with Crippen molar-refractivity contribution in [3.63, 3.8) is 0 Å². The van der Waals surface area contributed by atoms with Crippen molar-refractivity contribution in [3.05, 3.63) is 33.8 Å². The summed E-state index contributed by atoms with van der Waals surface area (Å²) in [6.07, 6.45) is 1.09. The summed E-state index contributed by atoms with van der Waals surface area (Å²) in [7, 11) is 2.12. The molecule has 1 saturated heterocycles. The molecule has 0 radical (unpaired) electrons. The molecule has 0 bridgehead atoms. The molecule has 2 rings (SSSR count). The third kappa shape index (κ3) is 3.73. The average Bonchev–Trinajstić information content (AvgIpc) is 2.62. The standard InChI is InChI=1S/C15H20Cl2N2O/c1-11(19-7-3-6-18(2)8-9-19)15(20)13-5-4-12(16)10-14(13)17/h4-5,10-11H,3,6-9H2,1-2H3. The van der Waals surface area contributed by atoms with Gasteiger partial charge in [-0.05, 0) is 45.1 Å². The Morgan fingerprint density at radius 1 is 1.20 bits per heavy atom.